The van der Waals surface area contributed by atoms with Crippen molar-refractivity contribution in [2.24, 2.45) is 0 Å². The van der Waals surface area contributed by atoms with Crippen LogP contribution in [-0.4, -0.2) is 16.0 Å². The summed E-state index contributed by atoms with van der Waals surface area (Å²) in [7, 11) is 0. The molecular formula is C14H18ClN3. The minimum Gasteiger partial charge on any atom is -0.344 e. The van der Waals surface area contributed by atoms with Crippen molar-refractivity contribution in [3.05, 3.63) is 40.8 Å². The number of hydrogen-bond acceptors (Lipinski definition) is 2. The van der Waals surface area contributed by atoms with Crippen molar-refractivity contribution in [2.75, 3.05) is 0 Å². The molecule has 0 aliphatic rings. The predicted octanol–water partition coefficient (Wildman–Crippen LogP) is 3.54. The van der Waals surface area contributed by atoms with Gasteiger partial charge in [-0.3, -0.25) is 0 Å². The number of rotatable bonds is 4. The molecule has 0 saturated heterocycles. The van der Waals surface area contributed by atoms with E-state index in [1.807, 2.05) is 31.2 Å². The van der Waals surface area contributed by atoms with Gasteiger partial charge in [0.15, 0.2) is 0 Å². The number of imidazole rings is 1. The first-order chi connectivity index (χ1) is 8.58. The van der Waals surface area contributed by atoms with Crippen molar-refractivity contribution >= 4 is 11.6 Å². The van der Waals surface area contributed by atoms with E-state index in [1.165, 1.54) is 0 Å². The number of nitrogens with zero attached hydrogens (tertiary/aromatic N) is 1. The van der Waals surface area contributed by atoms with Gasteiger partial charge in [-0.1, -0.05) is 43.6 Å². The van der Waals surface area contributed by atoms with Gasteiger partial charge in [-0.05, 0) is 13.0 Å². The van der Waals surface area contributed by atoms with E-state index in [-0.39, 0.29) is 0 Å². The molecule has 1 aromatic heterocycles. The van der Waals surface area contributed by atoms with Gasteiger partial charge < -0.3 is 10.3 Å². The molecule has 3 nitrogen and oxygen atoms in total. The maximum absolute atomic E-state index is 6.20. The lowest BCUT2D eigenvalue weighted by atomic mass is 10.1. The van der Waals surface area contributed by atoms with Crippen LogP contribution in [0.5, 0.6) is 0 Å². The molecule has 18 heavy (non-hydrogen) atoms. The Morgan fingerprint density at radius 1 is 1.33 bits per heavy atom. The minimum atomic E-state index is 0.444. The summed E-state index contributed by atoms with van der Waals surface area (Å²) in [4.78, 5) is 7.90. The zero-order valence-electron chi connectivity index (χ0n) is 10.9. The first-order valence-electron chi connectivity index (χ1n) is 6.11. The van der Waals surface area contributed by atoms with Crippen LogP contribution in [0.25, 0.3) is 11.3 Å². The second-order valence-electron chi connectivity index (χ2n) is 4.67. The van der Waals surface area contributed by atoms with Crippen LogP contribution in [-0.2, 0) is 6.54 Å². The Kier molecular flexibility index (Phi) is 4.04. The molecule has 4 heteroatoms. The maximum Gasteiger partial charge on any atom is 0.121 e. The monoisotopic (exact) mass is 263 g/mol. The zero-order chi connectivity index (χ0) is 13.1. The van der Waals surface area contributed by atoms with E-state index in [9.17, 15) is 0 Å². The summed E-state index contributed by atoms with van der Waals surface area (Å²) in [5.74, 6) is 0.941. The lowest BCUT2D eigenvalue weighted by Crippen LogP contribution is -2.22. The van der Waals surface area contributed by atoms with Crippen molar-refractivity contribution < 1.29 is 0 Å². The fraction of sp³-hybridized carbons (Fsp3) is 0.357. The van der Waals surface area contributed by atoms with E-state index in [0.29, 0.717) is 6.04 Å². The molecule has 0 aliphatic carbocycles. The van der Waals surface area contributed by atoms with Gasteiger partial charge in [-0.15, -0.1) is 0 Å². The van der Waals surface area contributed by atoms with E-state index in [0.717, 1.165) is 34.3 Å². The fourth-order valence-electron chi connectivity index (χ4n) is 1.82. The molecule has 2 rings (SSSR count). The predicted molar refractivity (Wildman–Crippen MR) is 75.7 cm³/mol. The Hall–Kier alpha value is -1.32. The molecule has 1 aromatic carbocycles. The molecule has 2 N–H and O–H groups in total. The van der Waals surface area contributed by atoms with Crippen LogP contribution in [0.3, 0.4) is 0 Å². The topological polar surface area (TPSA) is 40.7 Å². The van der Waals surface area contributed by atoms with Crippen LogP contribution >= 0.6 is 11.6 Å². The molecule has 2 aromatic rings. The standard InChI is InChI=1S/C14H18ClN3/c1-9(2)16-8-13-17-10(3)14(18-13)11-6-4-5-7-12(11)15/h4-7,9,16H,8H2,1-3H3,(H,17,18). The van der Waals surface area contributed by atoms with Crippen molar-refractivity contribution in [1.82, 2.24) is 15.3 Å². The van der Waals surface area contributed by atoms with Gasteiger partial charge in [0, 0.05) is 17.3 Å². The van der Waals surface area contributed by atoms with E-state index < -0.39 is 0 Å². The summed E-state index contributed by atoms with van der Waals surface area (Å²) in [6, 6.07) is 8.22. The first kappa shape index (κ1) is 13.1. The molecule has 0 saturated carbocycles. The Labute approximate surface area is 113 Å². The molecule has 0 radical (unpaired) electrons. The molecule has 96 valence electrons. The second kappa shape index (κ2) is 5.55. The fourth-order valence-corrected chi connectivity index (χ4v) is 2.05. The van der Waals surface area contributed by atoms with Crippen LogP contribution in [0.1, 0.15) is 25.4 Å². The highest BCUT2D eigenvalue weighted by Gasteiger charge is 2.11. The first-order valence-corrected chi connectivity index (χ1v) is 6.49. The Balaban J connectivity index is 2.27. The van der Waals surface area contributed by atoms with Gasteiger partial charge in [0.05, 0.1) is 17.3 Å². The van der Waals surface area contributed by atoms with Crippen molar-refractivity contribution in [2.45, 2.75) is 33.4 Å². The highest BCUT2D eigenvalue weighted by atomic mass is 35.5. The van der Waals surface area contributed by atoms with E-state index in [2.05, 4.69) is 29.1 Å². The summed E-state index contributed by atoms with van der Waals surface area (Å²) in [5, 5.41) is 4.07. The van der Waals surface area contributed by atoms with Gasteiger partial charge in [0.1, 0.15) is 5.82 Å². The second-order valence-corrected chi connectivity index (χ2v) is 5.08. The number of benzene rings is 1. The number of aryl methyl sites for hydroxylation is 1. The van der Waals surface area contributed by atoms with E-state index in [1.54, 1.807) is 0 Å². The number of hydrogen-bond donors (Lipinski definition) is 2. The third-order valence-electron chi connectivity index (χ3n) is 2.74. The average molecular weight is 264 g/mol. The highest BCUT2D eigenvalue weighted by molar-refractivity contribution is 6.33. The summed E-state index contributed by atoms with van der Waals surface area (Å²) in [5.41, 5.74) is 2.95. The van der Waals surface area contributed by atoms with E-state index in [4.69, 9.17) is 11.6 Å². The summed E-state index contributed by atoms with van der Waals surface area (Å²) in [6.07, 6.45) is 0. The molecule has 0 unspecified atom stereocenters. The number of aromatic nitrogens is 2. The van der Waals surface area contributed by atoms with Gasteiger partial charge >= 0.3 is 0 Å². The third-order valence-corrected chi connectivity index (χ3v) is 3.07. The third kappa shape index (κ3) is 2.92. The Morgan fingerprint density at radius 3 is 2.72 bits per heavy atom. The Morgan fingerprint density at radius 2 is 2.06 bits per heavy atom. The van der Waals surface area contributed by atoms with Crippen molar-refractivity contribution in [3.8, 4) is 11.3 Å². The summed E-state index contributed by atoms with van der Waals surface area (Å²) < 4.78 is 0. The van der Waals surface area contributed by atoms with Crippen molar-refractivity contribution in [3.63, 3.8) is 0 Å². The largest absolute Gasteiger partial charge is 0.344 e. The summed E-state index contributed by atoms with van der Waals surface area (Å²) in [6.45, 7) is 6.99. The number of aromatic amines is 1. The molecule has 0 fully saturated rings. The molecule has 0 atom stereocenters. The zero-order valence-corrected chi connectivity index (χ0v) is 11.7. The van der Waals surface area contributed by atoms with Crippen LogP contribution < -0.4 is 5.32 Å². The highest BCUT2D eigenvalue weighted by Crippen LogP contribution is 2.28. The minimum absolute atomic E-state index is 0.444. The average Bonchev–Trinajstić information content (AvgIpc) is 2.69. The van der Waals surface area contributed by atoms with Gasteiger partial charge in [0.2, 0.25) is 0 Å². The number of nitrogens with one attached hydrogen (secondary N) is 2. The maximum atomic E-state index is 6.20. The van der Waals surface area contributed by atoms with Gasteiger partial charge in [-0.25, -0.2) is 4.98 Å². The lowest BCUT2D eigenvalue weighted by Gasteiger charge is -2.04. The molecular weight excluding hydrogens is 246 g/mol. The lowest BCUT2D eigenvalue weighted by molar-refractivity contribution is 0.575. The molecule has 0 aliphatic heterocycles. The molecule has 0 spiro atoms. The van der Waals surface area contributed by atoms with Crippen LogP contribution in [0.2, 0.25) is 5.02 Å². The van der Waals surface area contributed by atoms with Gasteiger partial charge in [0.25, 0.3) is 0 Å². The Bertz CT molecular complexity index is 532. The van der Waals surface area contributed by atoms with Crippen LogP contribution in [0.15, 0.2) is 24.3 Å². The van der Waals surface area contributed by atoms with Gasteiger partial charge in [-0.2, -0.15) is 0 Å². The summed E-state index contributed by atoms with van der Waals surface area (Å²) >= 11 is 6.20. The van der Waals surface area contributed by atoms with Crippen LogP contribution in [0, 0.1) is 6.92 Å². The van der Waals surface area contributed by atoms with Crippen LogP contribution in [0.4, 0.5) is 0 Å². The molecule has 1 heterocycles. The quantitative estimate of drug-likeness (QED) is 0.886. The SMILES string of the molecule is Cc1[nH]c(CNC(C)C)nc1-c1ccccc1Cl. The van der Waals surface area contributed by atoms with E-state index >= 15 is 0 Å². The molecule has 0 bridgehead atoms. The normalized spacial score (nSPS) is 11.2. The van der Waals surface area contributed by atoms with Crippen molar-refractivity contribution in [1.29, 1.82) is 0 Å². The number of halogens is 1. The smallest absolute Gasteiger partial charge is 0.121 e. The molecule has 0 amide bonds. The number of H-pyrrole nitrogens is 1.